The maximum absolute atomic E-state index is 12.2. The topological polar surface area (TPSA) is 52.6 Å². The summed E-state index contributed by atoms with van der Waals surface area (Å²) in [6.45, 7) is 7.02. The smallest absolute Gasteiger partial charge is 0.315 e. The quantitative estimate of drug-likeness (QED) is 0.502. The molecular formula is C26H32O4. The van der Waals surface area contributed by atoms with Crippen LogP contribution >= 0.6 is 0 Å². The second-order valence-electron chi connectivity index (χ2n) is 8.18. The summed E-state index contributed by atoms with van der Waals surface area (Å²) in [4.78, 5) is 23.8. The predicted molar refractivity (Wildman–Crippen MR) is 120 cm³/mol. The van der Waals surface area contributed by atoms with Gasteiger partial charge in [-0.1, -0.05) is 73.7 Å². The normalized spacial score (nSPS) is 13.1. The summed E-state index contributed by atoms with van der Waals surface area (Å²) < 4.78 is 10.4. The van der Waals surface area contributed by atoms with Crippen molar-refractivity contribution in [1.82, 2.24) is 0 Å². The van der Waals surface area contributed by atoms with Crippen LogP contribution in [-0.2, 0) is 19.1 Å². The van der Waals surface area contributed by atoms with Gasteiger partial charge in [0.15, 0.2) is 0 Å². The molecule has 0 spiro atoms. The van der Waals surface area contributed by atoms with Crippen molar-refractivity contribution in [3.8, 4) is 0 Å². The number of esters is 2. The maximum Gasteiger partial charge on any atom is 0.315 e. The van der Waals surface area contributed by atoms with Crippen molar-refractivity contribution in [3.63, 3.8) is 0 Å². The third-order valence-corrected chi connectivity index (χ3v) is 5.33. The zero-order valence-corrected chi connectivity index (χ0v) is 18.6. The van der Waals surface area contributed by atoms with E-state index in [4.69, 9.17) is 9.47 Å². The number of rotatable bonds is 9. The maximum atomic E-state index is 12.2. The zero-order chi connectivity index (χ0) is 22.1. The highest BCUT2D eigenvalue weighted by atomic mass is 16.6. The summed E-state index contributed by atoms with van der Waals surface area (Å²) in [6.07, 6.45) is 3.04. The van der Waals surface area contributed by atoms with Gasteiger partial charge in [0.1, 0.15) is 6.10 Å². The minimum atomic E-state index is -0.911. The minimum absolute atomic E-state index is 0.215. The number of hydrogen-bond donors (Lipinski definition) is 0. The van der Waals surface area contributed by atoms with E-state index in [9.17, 15) is 9.59 Å². The standard InChI is InChI=1S/C26H32O4/c1-19(16-17-24(30-20(2)27)26(3,4)25(28)29-5)18-23(21-12-8-6-9-13-21)22-14-10-7-11-15-22/h6-15,18-19,24H,16-17H2,1-5H3/t19-,24+/m1/s1. The average molecular weight is 409 g/mol. The van der Waals surface area contributed by atoms with Crippen LogP contribution in [0, 0.1) is 11.3 Å². The molecule has 0 aliphatic heterocycles. The molecule has 2 aromatic rings. The molecule has 4 nitrogen and oxygen atoms in total. The van der Waals surface area contributed by atoms with E-state index in [-0.39, 0.29) is 11.9 Å². The molecule has 0 aliphatic carbocycles. The fourth-order valence-electron chi connectivity index (χ4n) is 3.54. The van der Waals surface area contributed by atoms with Crippen LogP contribution in [0.2, 0.25) is 0 Å². The predicted octanol–water partition coefficient (Wildman–Crippen LogP) is 5.67. The first kappa shape index (κ1) is 23.4. The summed E-state index contributed by atoms with van der Waals surface area (Å²) >= 11 is 0. The molecule has 2 atom stereocenters. The third kappa shape index (κ3) is 6.31. The first-order chi connectivity index (χ1) is 14.3. The number of allylic oxidation sites excluding steroid dienone is 1. The van der Waals surface area contributed by atoms with E-state index < -0.39 is 17.5 Å². The molecular weight excluding hydrogens is 376 g/mol. The van der Waals surface area contributed by atoms with E-state index in [0.717, 1.165) is 17.5 Å². The SMILES string of the molecule is COC(=O)C(C)(C)[C@H](CC[C@@H](C)C=C(c1ccccc1)c1ccccc1)OC(C)=O. The van der Waals surface area contributed by atoms with E-state index in [2.05, 4.69) is 37.3 Å². The van der Waals surface area contributed by atoms with Gasteiger partial charge in [-0.05, 0) is 49.3 Å². The van der Waals surface area contributed by atoms with E-state index in [1.807, 2.05) is 36.4 Å². The fourth-order valence-corrected chi connectivity index (χ4v) is 3.54. The highest BCUT2D eigenvalue weighted by molar-refractivity contribution is 5.80. The Morgan fingerprint density at radius 1 is 0.933 bits per heavy atom. The molecule has 160 valence electrons. The number of hydrogen-bond acceptors (Lipinski definition) is 4. The van der Waals surface area contributed by atoms with Crippen LogP contribution in [0.4, 0.5) is 0 Å². The van der Waals surface area contributed by atoms with Gasteiger partial charge < -0.3 is 9.47 Å². The first-order valence-electron chi connectivity index (χ1n) is 10.3. The lowest BCUT2D eigenvalue weighted by atomic mass is 9.82. The highest BCUT2D eigenvalue weighted by Gasteiger charge is 2.40. The number of carbonyl (C=O) groups excluding carboxylic acids is 2. The van der Waals surface area contributed by atoms with Crippen molar-refractivity contribution in [2.24, 2.45) is 11.3 Å². The molecule has 0 aromatic heterocycles. The molecule has 0 N–H and O–H groups in total. The fraction of sp³-hybridized carbons (Fsp3) is 0.385. The van der Waals surface area contributed by atoms with Gasteiger partial charge in [-0.2, -0.15) is 0 Å². The molecule has 2 rings (SSSR count). The molecule has 2 aromatic carbocycles. The van der Waals surface area contributed by atoms with Crippen LogP contribution in [0.5, 0.6) is 0 Å². The van der Waals surface area contributed by atoms with E-state index in [1.54, 1.807) is 13.8 Å². The molecule has 0 saturated heterocycles. The lowest BCUT2D eigenvalue weighted by molar-refractivity contribution is -0.168. The first-order valence-corrected chi connectivity index (χ1v) is 10.3. The molecule has 0 saturated carbocycles. The largest absolute Gasteiger partial charge is 0.469 e. The van der Waals surface area contributed by atoms with Crippen molar-refractivity contribution in [2.45, 2.75) is 46.6 Å². The van der Waals surface area contributed by atoms with Gasteiger partial charge in [0.25, 0.3) is 0 Å². The number of benzene rings is 2. The summed E-state index contributed by atoms with van der Waals surface area (Å²) in [5, 5.41) is 0. The Morgan fingerprint density at radius 3 is 1.87 bits per heavy atom. The van der Waals surface area contributed by atoms with Crippen LogP contribution in [0.1, 0.15) is 51.7 Å². The Morgan fingerprint density at radius 2 is 1.43 bits per heavy atom. The van der Waals surface area contributed by atoms with Gasteiger partial charge in [-0.3, -0.25) is 9.59 Å². The van der Waals surface area contributed by atoms with Crippen molar-refractivity contribution in [3.05, 3.63) is 77.9 Å². The van der Waals surface area contributed by atoms with Crippen molar-refractivity contribution in [1.29, 1.82) is 0 Å². The second kappa shape index (κ2) is 10.8. The molecule has 0 bridgehead atoms. The Balaban J connectivity index is 2.24. The Hall–Kier alpha value is -2.88. The van der Waals surface area contributed by atoms with Gasteiger partial charge in [0, 0.05) is 6.92 Å². The summed E-state index contributed by atoms with van der Waals surface area (Å²) in [7, 11) is 1.35. The summed E-state index contributed by atoms with van der Waals surface area (Å²) in [6, 6.07) is 20.6. The molecule has 0 amide bonds. The molecule has 30 heavy (non-hydrogen) atoms. The number of methoxy groups -OCH3 is 1. The van der Waals surface area contributed by atoms with Crippen molar-refractivity contribution >= 4 is 17.5 Å². The molecule has 0 fully saturated rings. The monoisotopic (exact) mass is 408 g/mol. The van der Waals surface area contributed by atoms with E-state index in [0.29, 0.717) is 6.42 Å². The van der Waals surface area contributed by atoms with Gasteiger partial charge in [-0.25, -0.2) is 0 Å². The molecule has 0 heterocycles. The van der Waals surface area contributed by atoms with Crippen LogP contribution in [0.15, 0.2) is 66.7 Å². The Labute approximate surface area is 179 Å². The number of carbonyl (C=O) groups is 2. The molecule has 0 radical (unpaired) electrons. The zero-order valence-electron chi connectivity index (χ0n) is 18.6. The average Bonchev–Trinajstić information content (AvgIpc) is 2.75. The van der Waals surface area contributed by atoms with Crippen LogP contribution in [0.25, 0.3) is 5.57 Å². The van der Waals surface area contributed by atoms with Gasteiger partial charge >= 0.3 is 11.9 Å². The van der Waals surface area contributed by atoms with Gasteiger partial charge in [0.05, 0.1) is 12.5 Å². The summed E-state index contributed by atoms with van der Waals surface area (Å²) in [5.41, 5.74) is 2.56. The molecule has 0 aliphatic rings. The Kier molecular flexibility index (Phi) is 8.40. The van der Waals surface area contributed by atoms with Gasteiger partial charge in [0.2, 0.25) is 0 Å². The van der Waals surface area contributed by atoms with E-state index >= 15 is 0 Å². The minimum Gasteiger partial charge on any atom is -0.469 e. The van der Waals surface area contributed by atoms with Crippen LogP contribution in [-0.4, -0.2) is 25.2 Å². The third-order valence-electron chi connectivity index (χ3n) is 5.33. The van der Waals surface area contributed by atoms with Crippen LogP contribution < -0.4 is 0 Å². The Bertz CT molecular complexity index is 812. The second-order valence-corrected chi connectivity index (χ2v) is 8.18. The van der Waals surface area contributed by atoms with E-state index in [1.165, 1.54) is 19.6 Å². The van der Waals surface area contributed by atoms with Crippen LogP contribution in [0.3, 0.4) is 0 Å². The number of ether oxygens (including phenoxy) is 2. The van der Waals surface area contributed by atoms with Gasteiger partial charge in [-0.15, -0.1) is 0 Å². The summed E-state index contributed by atoms with van der Waals surface area (Å²) in [5.74, 6) is -0.562. The lowest BCUT2D eigenvalue weighted by Crippen LogP contribution is -2.41. The van der Waals surface area contributed by atoms with Crippen molar-refractivity contribution < 1.29 is 19.1 Å². The molecule has 4 heteroatoms. The highest BCUT2D eigenvalue weighted by Crippen LogP contribution is 2.31. The molecule has 0 unspecified atom stereocenters. The van der Waals surface area contributed by atoms with Crippen molar-refractivity contribution in [2.75, 3.05) is 7.11 Å². The lowest BCUT2D eigenvalue weighted by Gasteiger charge is -2.31.